The molecule has 1 aromatic heterocycles. The van der Waals surface area contributed by atoms with Crippen LogP contribution < -0.4 is 0 Å². The molecule has 3 atom stereocenters. The minimum Gasteiger partial charge on any atom is -0.481 e. The predicted octanol–water partition coefficient (Wildman–Crippen LogP) is 0.906. The number of nitrogens with zero attached hydrogens (tertiary/aromatic N) is 3. The van der Waals surface area contributed by atoms with Gasteiger partial charge in [0, 0.05) is 13.0 Å². The van der Waals surface area contributed by atoms with Gasteiger partial charge < -0.3 is 10.0 Å². The molecule has 1 unspecified atom stereocenters. The van der Waals surface area contributed by atoms with Gasteiger partial charge >= 0.3 is 5.97 Å². The molecule has 27 heavy (non-hydrogen) atoms. The summed E-state index contributed by atoms with van der Waals surface area (Å²) in [6.45, 7) is 0.699. The van der Waals surface area contributed by atoms with Gasteiger partial charge in [-0.25, -0.2) is 17.2 Å². The van der Waals surface area contributed by atoms with E-state index in [1.807, 2.05) is 0 Å². The number of hydrogen-bond acceptors (Lipinski definition) is 6. The van der Waals surface area contributed by atoms with Gasteiger partial charge in [-0.2, -0.15) is 5.10 Å². The third-order valence-electron chi connectivity index (χ3n) is 5.14. The van der Waals surface area contributed by atoms with Gasteiger partial charge in [0.15, 0.2) is 14.9 Å². The molecule has 1 amide bonds. The number of aryl methyl sites for hydroxylation is 1. The summed E-state index contributed by atoms with van der Waals surface area (Å²) in [5, 5.41) is 15.4. The molecular formula is C16H19F2N3O5S. The summed E-state index contributed by atoms with van der Waals surface area (Å²) >= 11 is 0. The summed E-state index contributed by atoms with van der Waals surface area (Å²) in [7, 11) is -3.99. The number of aliphatic carboxylic acids is 1. The van der Waals surface area contributed by atoms with Crippen LogP contribution in [-0.4, -0.2) is 64.8 Å². The Bertz CT molecular complexity index is 859. The molecule has 3 rings (SSSR count). The van der Waals surface area contributed by atoms with Crippen molar-refractivity contribution in [1.29, 1.82) is 0 Å². The molecule has 0 aromatic carbocycles. The predicted molar refractivity (Wildman–Crippen MR) is 87.7 cm³/mol. The number of carboxylic acid groups (broad SMARTS) is 1. The number of sulfone groups is 1. The highest BCUT2D eigenvalue weighted by atomic mass is 32.2. The smallest absolute Gasteiger partial charge is 0.307 e. The van der Waals surface area contributed by atoms with Gasteiger partial charge in [0.05, 0.1) is 29.3 Å². The lowest BCUT2D eigenvalue weighted by Crippen LogP contribution is -2.39. The van der Waals surface area contributed by atoms with E-state index in [-0.39, 0.29) is 24.4 Å². The second kappa shape index (κ2) is 6.77. The molecule has 1 saturated carbocycles. The van der Waals surface area contributed by atoms with Crippen molar-refractivity contribution in [2.75, 3.05) is 13.1 Å². The maximum Gasteiger partial charge on any atom is 0.307 e. The van der Waals surface area contributed by atoms with E-state index >= 15 is 0 Å². The number of alkyl halides is 2. The summed E-state index contributed by atoms with van der Waals surface area (Å²) in [5.41, 5.74) is 0.520. The minimum atomic E-state index is -3.99. The van der Waals surface area contributed by atoms with Crippen LogP contribution in [-0.2, 0) is 19.4 Å². The fourth-order valence-corrected chi connectivity index (χ4v) is 5.33. The number of halogens is 2. The fourth-order valence-electron chi connectivity index (χ4n) is 3.66. The Hall–Kier alpha value is -2.17. The highest BCUT2D eigenvalue weighted by Crippen LogP contribution is 2.40. The minimum absolute atomic E-state index is 0.171. The maximum atomic E-state index is 13.4. The van der Waals surface area contributed by atoms with E-state index in [0.717, 1.165) is 4.90 Å². The molecule has 0 radical (unpaired) electrons. The second-order valence-electron chi connectivity index (χ2n) is 7.07. The molecule has 1 aliphatic heterocycles. The number of carbonyl (C=O) groups excluding carboxylic acids is 1. The summed E-state index contributed by atoms with van der Waals surface area (Å²) in [6.07, 6.45) is -0.993. The lowest BCUT2D eigenvalue weighted by Gasteiger charge is -2.22. The Morgan fingerprint density at radius 1 is 1.22 bits per heavy atom. The van der Waals surface area contributed by atoms with Crippen molar-refractivity contribution in [2.24, 2.45) is 11.8 Å². The highest BCUT2D eigenvalue weighted by molar-refractivity contribution is 7.92. The first-order valence-electron chi connectivity index (χ1n) is 8.45. The van der Waals surface area contributed by atoms with E-state index in [1.165, 1.54) is 12.1 Å². The van der Waals surface area contributed by atoms with Crippen molar-refractivity contribution >= 4 is 21.7 Å². The molecule has 2 aliphatic rings. The van der Waals surface area contributed by atoms with Crippen LogP contribution in [0.1, 0.15) is 25.0 Å². The number of carboxylic acids is 1. The van der Waals surface area contributed by atoms with Crippen molar-refractivity contribution in [2.45, 2.75) is 42.4 Å². The highest BCUT2D eigenvalue weighted by Gasteiger charge is 2.51. The van der Waals surface area contributed by atoms with Crippen LogP contribution in [0.4, 0.5) is 8.78 Å². The van der Waals surface area contributed by atoms with Crippen molar-refractivity contribution in [3.63, 3.8) is 0 Å². The van der Waals surface area contributed by atoms with Crippen molar-refractivity contribution in [3.05, 3.63) is 17.8 Å². The quantitative estimate of drug-likeness (QED) is 0.794. The van der Waals surface area contributed by atoms with E-state index in [1.54, 1.807) is 6.92 Å². The molecule has 11 heteroatoms. The van der Waals surface area contributed by atoms with Crippen molar-refractivity contribution in [3.8, 4) is 0 Å². The second-order valence-corrected chi connectivity index (χ2v) is 9.24. The first kappa shape index (κ1) is 19.6. The largest absolute Gasteiger partial charge is 0.481 e. The third kappa shape index (κ3) is 3.78. The summed E-state index contributed by atoms with van der Waals surface area (Å²) in [5.74, 6) is -7.45. The molecule has 1 N–H and O–H groups in total. The topological polar surface area (TPSA) is 118 Å². The van der Waals surface area contributed by atoms with E-state index in [0.29, 0.717) is 5.69 Å². The molecule has 148 valence electrons. The van der Waals surface area contributed by atoms with Gasteiger partial charge in [-0.05, 0) is 31.9 Å². The molecule has 1 aromatic rings. The number of likely N-dealkylation sites (tertiary alicyclic amines) is 1. The molecule has 2 fully saturated rings. The molecule has 1 aliphatic carbocycles. The van der Waals surface area contributed by atoms with Crippen LogP contribution in [0.3, 0.4) is 0 Å². The molecule has 2 heterocycles. The average Bonchev–Trinajstić information content (AvgIpc) is 3.18. The lowest BCUT2D eigenvalue weighted by atomic mass is 9.95. The average molecular weight is 403 g/mol. The van der Waals surface area contributed by atoms with Crippen LogP contribution in [0.2, 0.25) is 0 Å². The van der Waals surface area contributed by atoms with Gasteiger partial charge in [-0.1, -0.05) is 0 Å². The molecule has 0 spiro atoms. The van der Waals surface area contributed by atoms with E-state index in [4.69, 9.17) is 0 Å². The summed E-state index contributed by atoms with van der Waals surface area (Å²) in [6, 6.07) is 2.75. The van der Waals surface area contributed by atoms with Gasteiger partial charge in [0.2, 0.25) is 5.91 Å². The zero-order chi connectivity index (χ0) is 20.0. The number of aromatic nitrogens is 2. The van der Waals surface area contributed by atoms with E-state index in [9.17, 15) is 31.9 Å². The first-order valence-corrected chi connectivity index (χ1v) is 9.99. The Morgan fingerprint density at radius 2 is 1.89 bits per heavy atom. The standard InChI is InChI=1S/C16H19F2N3O5S/c1-9-2-3-13(20-19-9)27(25,26)10-6-11(12(7-10)15(23)24)14(22)21-5-4-16(17,18)8-21/h2-3,10-12H,4-8H2,1H3,(H,23,24)/t10?,11-,12-/m1/s1. The SMILES string of the molecule is Cc1ccc(S(=O)(=O)C2C[C@@H](C(=O)O)[C@H](C(=O)N3CCC(F)(F)C3)C2)nn1. The molecule has 8 nitrogen and oxygen atoms in total. The summed E-state index contributed by atoms with van der Waals surface area (Å²) in [4.78, 5) is 25.1. The Labute approximate surface area is 154 Å². The van der Waals surface area contributed by atoms with Crippen LogP contribution >= 0.6 is 0 Å². The zero-order valence-electron chi connectivity index (χ0n) is 14.5. The fraction of sp³-hybridized carbons (Fsp3) is 0.625. The number of rotatable bonds is 4. The molecule has 1 saturated heterocycles. The first-order chi connectivity index (χ1) is 12.5. The van der Waals surface area contributed by atoms with Gasteiger partial charge in [0.1, 0.15) is 0 Å². The Balaban J connectivity index is 1.83. The van der Waals surface area contributed by atoms with Crippen LogP contribution in [0.25, 0.3) is 0 Å². The van der Waals surface area contributed by atoms with E-state index in [2.05, 4.69) is 10.2 Å². The molecule has 0 bridgehead atoms. The monoisotopic (exact) mass is 403 g/mol. The third-order valence-corrected chi connectivity index (χ3v) is 7.20. The van der Waals surface area contributed by atoms with Gasteiger partial charge in [-0.15, -0.1) is 5.10 Å². The van der Waals surface area contributed by atoms with Gasteiger partial charge in [-0.3, -0.25) is 9.59 Å². The zero-order valence-corrected chi connectivity index (χ0v) is 15.3. The number of carbonyl (C=O) groups is 2. The Morgan fingerprint density at radius 3 is 2.41 bits per heavy atom. The number of hydrogen-bond donors (Lipinski definition) is 1. The maximum absolute atomic E-state index is 13.4. The Kier molecular flexibility index (Phi) is 4.91. The summed E-state index contributed by atoms with van der Waals surface area (Å²) < 4.78 is 52.3. The lowest BCUT2D eigenvalue weighted by molar-refractivity contribution is -0.149. The van der Waals surface area contributed by atoms with Crippen molar-refractivity contribution in [1.82, 2.24) is 15.1 Å². The van der Waals surface area contributed by atoms with Crippen molar-refractivity contribution < 1.29 is 31.9 Å². The van der Waals surface area contributed by atoms with Gasteiger partial charge in [0.25, 0.3) is 5.92 Å². The van der Waals surface area contributed by atoms with Crippen LogP contribution in [0.5, 0.6) is 0 Å². The van der Waals surface area contributed by atoms with E-state index < -0.39 is 57.7 Å². The number of amides is 1. The normalized spacial score (nSPS) is 27.7. The van der Waals surface area contributed by atoms with Crippen LogP contribution in [0, 0.1) is 18.8 Å². The molecular weight excluding hydrogens is 384 g/mol. The van der Waals surface area contributed by atoms with Crippen LogP contribution in [0.15, 0.2) is 17.2 Å².